The molecular weight excluding hydrogens is 274 g/mol. The molecule has 1 aromatic heterocycles. The van der Waals surface area contributed by atoms with Crippen molar-refractivity contribution in [3.63, 3.8) is 0 Å². The van der Waals surface area contributed by atoms with E-state index in [9.17, 15) is 10.1 Å². The van der Waals surface area contributed by atoms with Crippen LogP contribution in [0.5, 0.6) is 0 Å². The molecule has 1 rings (SSSR count). The van der Waals surface area contributed by atoms with Gasteiger partial charge in [-0.25, -0.2) is 0 Å². The number of nitriles is 1. The van der Waals surface area contributed by atoms with E-state index in [1.54, 1.807) is 0 Å². The Balaban J connectivity index is 3.02. The van der Waals surface area contributed by atoms with Gasteiger partial charge in [0.1, 0.15) is 11.1 Å². The van der Waals surface area contributed by atoms with Gasteiger partial charge >= 0.3 is 5.97 Å². The van der Waals surface area contributed by atoms with Crippen LogP contribution in [-0.2, 0) is 22.4 Å². The molecule has 0 saturated carbocycles. The molecule has 6 heteroatoms. The molecule has 0 amide bonds. The van der Waals surface area contributed by atoms with Gasteiger partial charge in [-0.15, -0.1) is 5.10 Å². The first-order valence-corrected chi connectivity index (χ1v) is 7.47. The highest BCUT2D eigenvalue weighted by Gasteiger charge is 2.18. The molecule has 0 aliphatic heterocycles. The van der Waals surface area contributed by atoms with Gasteiger partial charge < -0.3 is 4.74 Å². The maximum Gasteiger partial charge on any atom is 0.306 e. The third-order valence-corrected chi connectivity index (χ3v) is 4.00. The first kappa shape index (κ1) is 16.4. The van der Waals surface area contributed by atoms with E-state index in [2.05, 4.69) is 21.0 Å². The normalized spacial score (nSPS) is 11.8. The van der Waals surface area contributed by atoms with E-state index >= 15 is 0 Å². The topological polar surface area (TPSA) is 75.9 Å². The Labute approximate surface area is 123 Å². The van der Waals surface area contributed by atoms with Gasteiger partial charge in [-0.05, 0) is 18.4 Å². The Morgan fingerprint density at radius 2 is 2.10 bits per heavy atom. The van der Waals surface area contributed by atoms with Crippen molar-refractivity contribution in [2.75, 3.05) is 7.11 Å². The van der Waals surface area contributed by atoms with Crippen LogP contribution >= 0.6 is 11.8 Å². The highest BCUT2D eigenvalue weighted by Crippen LogP contribution is 2.29. The number of methoxy groups -OCH3 is 1. The van der Waals surface area contributed by atoms with E-state index in [-0.39, 0.29) is 17.6 Å². The number of rotatable bonds is 6. The van der Waals surface area contributed by atoms with Gasteiger partial charge in [0.05, 0.1) is 24.8 Å². The maximum absolute atomic E-state index is 11.3. The van der Waals surface area contributed by atoms with Crippen LogP contribution in [0.1, 0.15) is 44.0 Å². The van der Waals surface area contributed by atoms with Gasteiger partial charge in [-0.3, -0.25) is 4.79 Å². The molecule has 1 atom stereocenters. The average molecular weight is 293 g/mol. The van der Waals surface area contributed by atoms with Crippen molar-refractivity contribution in [1.82, 2.24) is 10.2 Å². The van der Waals surface area contributed by atoms with Gasteiger partial charge in [-0.1, -0.05) is 32.5 Å². The minimum atomic E-state index is -0.266. The zero-order valence-electron chi connectivity index (χ0n) is 12.3. The summed E-state index contributed by atoms with van der Waals surface area (Å²) in [7, 11) is 1.37. The van der Waals surface area contributed by atoms with Gasteiger partial charge in [-0.2, -0.15) is 10.4 Å². The molecule has 0 saturated heterocycles. The Morgan fingerprint density at radius 1 is 1.40 bits per heavy atom. The number of hydrogen-bond donors (Lipinski definition) is 0. The number of aromatic nitrogens is 2. The minimum absolute atomic E-state index is 0.0129. The van der Waals surface area contributed by atoms with Gasteiger partial charge in [0.25, 0.3) is 0 Å². The van der Waals surface area contributed by atoms with Crippen molar-refractivity contribution in [3.8, 4) is 6.07 Å². The third-order valence-electron chi connectivity index (χ3n) is 2.92. The number of ether oxygens (including phenoxy) is 1. The van der Waals surface area contributed by atoms with Crippen LogP contribution in [0.15, 0.2) is 5.03 Å². The van der Waals surface area contributed by atoms with Crippen LogP contribution in [0.2, 0.25) is 0 Å². The summed E-state index contributed by atoms with van der Waals surface area (Å²) < 4.78 is 4.64. The smallest absolute Gasteiger partial charge is 0.306 e. The van der Waals surface area contributed by atoms with Gasteiger partial charge in [0, 0.05) is 5.25 Å². The number of hydrogen-bond acceptors (Lipinski definition) is 6. The molecule has 0 radical (unpaired) electrons. The Hall–Kier alpha value is -1.61. The lowest BCUT2D eigenvalue weighted by Gasteiger charge is -2.13. The summed E-state index contributed by atoms with van der Waals surface area (Å²) in [4.78, 5) is 11.3. The molecule has 20 heavy (non-hydrogen) atoms. The van der Waals surface area contributed by atoms with E-state index in [1.165, 1.54) is 18.9 Å². The lowest BCUT2D eigenvalue weighted by molar-refractivity contribution is -0.140. The summed E-state index contributed by atoms with van der Waals surface area (Å²) in [6, 6.07) is 2.22. The predicted octanol–water partition coefficient (Wildman–Crippen LogP) is 2.52. The Kier molecular flexibility index (Phi) is 6.46. The van der Waals surface area contributed by atoms with E-state index in [0.717, 1.165) is 24.1 Å². The minimum Gasteiger partial charge on any atom is -0.469 e. The van der Waals surface area contributed by atoms with E-state index < -0.39 is 0 Å². The molecule has 0 fully saturated rings. The van der Waals surface area contributed by atoms with Crippen LogP contribution in [0, 0.1) is 11.3 Å². The van der Waals surface area contributed by atoms with Gasteiger partial charge in [0.2, 0.25) is 0 Å². The lowest BCUT2D eigenvalue weighted by Crippen LogP contribution is -2.10. The van der Waals surface area contributed by atoms with Crippen LogP contribution in [-0.4, -0.2) is 28.5 Å². The van der Waals surface area contributed by atoms with Crippen molar-refractivity contribution in [3.05, 3.63) is 16.8 Å². The SMILES string of the molecule is CCc1nnc(SC(C)CC(=O)OC)c(C#N)c1CC. The van der Waals surface area contributed by atoms with Crippen LogP contribution in [0.3, 0.4) is 0 Å². The second-order valence-electron chi connectivity index (χ2n) is 4.33. The van der Waals surface area contributed by atoms with Crippen molar-refractivity contribution in [2.24, 2.45) is 0 Å². The molecule has 1 heterocycles. The van der Waals surface area contributed by atoms with Crippen LogP contribution < -0.4 is 0 Å². The van der Waals surface area contributed by atoms with Crippen LogP contribution in [0.25, 0.3) is 0 Å². The van der Waals surface area contributed by atoms with Crippen molar-refractivity contribution in [2.45, 2.75) is 50.3 Å². The molecule has 0 aromatic carbocycles. The molecule has 0 aliphatic rings. The number of thioether (sulfide) groups is 1. The van der Waals surface area contributed by atoms with Crippen LogP contribution in [0.4, 0.5) is 0 Å². The van der Waals surface area contributed by atoms with Crippen molar-refractivity contribution >= 4 is 17.7 Å². The second-order valence-corrected chi connectivity index (χ2v) is 5.76. The summed E-state index contributed by atoms with van der Waals surface area (Å²) in [6.45, 7) is 5.91. The first-order valence-electron chi connectivity index (χ1n) is 6.59. The number of esters is 1. The quantitative estimate of drug-likeness (QED) is 0.592. The molecule has 0 bridgehead atoms. The second kappa shape index (κ2) is 7.85. The zero-order valence-corrected chi connectivity index (χ0v) is 13.1. The van der Waals surface area contributed by atoms with Crippen molar-refractivity contribution in [1.29, 1.82) is 5.26 Å². The maximum atomic E-state index is 11.3. The molecule has 0 aliphatic carbocycles. The highest BCUT2D eigenvalue weighted by atomic mass is 32.2. The first-order chi connectivity index (χ1) is 9.57. The van der Waals surface area contributed by atoms with Gasteiger partial charge in [0.15, 0.2) is 0 Å². The largest absolute Gasteiger partial charge is 0.469 e. The molecule has 108 valence electrons. The van der Waals surface area contributed by atoms with E-state index in [1.807, 2.05) is 20.8 Å². The fourth-order valence-corrected chi connectivity index (χ4v) is 2.88. The monoisotopic (exact) mass is 293 g/mol. The highest BCUT2D eigenvalue weighted by molar-refractivity contribution is 7.99. The zero-order chi connectivity index (χ0) is 15.1. The van der Waals surface area contributed by atoms with E-state index in [0.29, 0.717) is 10.6 Å². The fraction of sp³-hybridized carbons (Fsp3) is 0.571. The summed E-state index contributed by atoms with van der Waals surface area (Å²) in [5, 5.41) is 18.3. The third kappa shape index (κ3) is 3.94. The lowest BCUT2D eigenvalue weighted by atomic mass is 10.1. The predicted molar refractivity (Wildman–Crippen MR) is 77.5 cm³/mol. The van der Waals surface area contributed by atoms with E-state index in [4.69, 9.17) is 0 Å². The number of carbonyl (C=O) groups excluding carboxylic acids is 1. The molecule has 0 spiro atoms. The number of nitrogens with zero attached hydrogens (tertiary/aromatic N) is 3. The molecule has 5 nitrogen and oxygen atoms in total. The van der Waals surface area contributed by atoms with Crippen molar-refractivity contribution < 1.29 is 9.53 Å². The summed E-state index contributed by atoms with van der Waals surface area (Å²) >= 11 is 1.39. The average Bonchev–Trinajstić information content (AvgIpc) is 2.46. The standard InChI is InChI=1S/C14H19N3O2S/c1-5-10-11(8-15)14(17-16-12(10)6-2)20-9(3)7-13(18)19-4/h9H,5-7H2,1-4H3. The Morgan fingerprint density at radius 3 is 2.60 bits per heavy atom. The Bertz CT molecular complexity index is 526. The molecular formula is C14H19N3O2S. The summed E-state index contributed by atoms with van der Waals surface area (Å²) in [5.41, 5.74) is 2.41. The number of aryl methyl sites for hydroxylation is 1. The molecule has 0 N–H and O–H groups in total. The molecule has 1 unspecified atom stereocenters. The fourth-order valence-electron chi connectivity index (χ4n) is 1.90. The summed E-state index contributed by atoms with van der Waals surface area (Å²) in [6.07, 6.45) is 1.79. The molecule has 1 aromatic rings. The number of carbonyl (C=O) groups is 1. The summed E-state index contributed by atoms with van der Waals surface area (Å²) in [5.74, 6) is -0.266.